The van der Waals surface area contributed by atoms with Crippen molar-refractivity contribution in [2.45, 2.75) is 0 Å². The van der Waals surface area contributed by atoms with Gasteiger partial charge in [-0.3, -0.25) is 10.1 Å². The minimum Gasteiger partial charge on any atom is -0.332 e. The van der Waals surface area contributed by atoms with Gasteiger partial charge in [0.15, 0.2) is 5.11 Å². The molecule has 2 aromatic carbocycles. The molecule has 2 N–H and O–H groups in total. The van der Waals surface area contributed by atoms with Crippen LogP contribution in [0.25, 0.3) is 6.08 Å². The number of hydrogen-bond donors (Lipinski definition) is 2. The highest BCUT2D eigenvalue weighted by Crippen LogP contribution is 2.04. The van der Waals surface area contributed by atoms with Crippen LogP contribution in [0.3, 0.4) is 0 Å². The monoisotopic (exact) mass is 282 g/mol. The SMILES string of the molecule is O=C(/C=C/c1ccccc1)NC(=S)Nc1ccccc1. The van der Waals surface area contributed by atoms with Gasteiger partial charge in [0.05, 0.1) is 0 Å². The summed E-state index contributed by atoms with van der Waals surface area (Å²) < 4.78 is 0. The topological polar surface area (TPSA) is 41.1 Å². The lowest BCUT2D eigenvalue weighted by molar-refractivity contribution is -0.115. The van der Waals surface area contributed by atoms with E-state index in [4.69, 9.17) is 12.2 Å². The Balaban J connectivity index is 1.85. The van der Waals surface area contributed by atoms with Crippen molar-refractivity contribution in [1.29, 1.82) is 0 Å². The van der Waals surface area contributed by atoms with Gasteiger partial charge >= 0.3 is 0 Å². The van der Waals surface area contributed by atoms with E-state index in [1.165, 1.54) is 6.08 Å². The van der Waals surface area contributed by atoms with Gasteiger partial charge in [-0.05, 0) is 36.0 Å². The van der Waals surface area contributed by atoms with Crippen LogP contribution in [-0.2, 0) is 4.79 Å². The molecular formula is C16H14N2OS. The van der Waals surface area contributed by atoms with Gasteiger partial charge in [-0.25, -0.2) is 0 Å². The van der Waals surface area contributed by atoms with Crippen molar-refractivity contribution < 1.29 is 4.79 Å². The summed E-state index contributed by atoms with van der Waals surface area (Å²) in [4.78, 5) is 11.7. The summed E-state index contributed by atoms with van der Waals surface area (Å²) in [5, 5.41) is 5.81. The molecule has 0 aliphatic rings. The molecule has 0 aliphatic heterocycles. The molecule has 2 aromatic rings. The molecule has 0 spiro atoms. The summed E-state index contributed by atoms with van der Waals surface area (Å²) in [6.45, 7) is 0. The average Bonchev–Trinajstić information content (AvgIpc) is 2.47. The highest BCUT2D eigenvalue weighted by molar-refractivity contribution is 7.80. The van der Waals surface area contributed by atoms with Crippen LogP contribution in [0.2, 0.25) is 0 Å². The van der Waals surface area contributed by atoms with Crippen molar-refractivity contribution >= 4 is 35.0 Å². The summed E-state index contributed by atoms with van der Waals surface area (Å²) in [5.74, 6) is -0.262. The third kappa shape index (κ3) is 4.66. The summed E-state index contributed by atoms with van der Waals surface area (Å²) in [6.07, 6.45) is 3.19. The largest absolute Gasteiger partial charge is 0.332 e. The lowest BCUT2D eigenvalue weighted by Crippen LogP contribution is -2.32. The van der Waals surface area contributed by atoms with Crippen molar-refractivity contribution in [3.05, 3.63) is 72.3 Å². The number of carbonyl (C=O) groups excluding carboxylic acids is 1. The van der Waals surface area contributed by atoms with E-state index in [1.54, 1.807) is 6.08 Å². The average molecular weight is 282 g/mol. The molecular weight excluding hydrogens is 268 g/mol. The molecule has 0 aliphatic carbocycles. The van der Waals surface area contributed by atoms with Gasteiger partial charge in [0, 0.05) is 11.8 Å². The van der Waals surface area contributed by atoms with Crippen LogP contribution in [0.15, 0.2) is 66.7 Å². The fourth-order valence-electron chi connectivity index (χ4n) is 1.57. The number of benzene rings is 2. The molecule has 0 saturated heterocycles. The number of carbonyl (C=O) groups is 1. The molecule has 20 heavy (non-hydrogen) atoms. The summed E-state index contributed by atoms with van der Waals surface area (Å²) in [7, 11) is 0. The Morgan fingerprint density at radius 2 is 1.55 bits per heavy atom. The van der Waals surface area contributed by atoms with Gasteiger partial charge in [-0.1, -0.05) is 48.5 Å². The first-order valence-electron chi connectivity index (χ1n) is 6.14. The van der Waals surface area contributed by atoms with Crippen LogP contribution < -0.4 is 10.6 Å². The molecule has 0 atom stereocenters. The molecule has 4 heteroatoms. The van der Waals surface area contributed by atoms with Crippen LogP contribution in [0.5, 0.6) is 0 Å². The van der Waals surface area contributed by atoms with E-state index in [0.29, 0.717) is 0 Å². The summed E-state index contributed by atoms with van der Waals surface area (Å²) >= 11 is 5.07. The zero-order chi connectivity index (χ0) is 14.2. The second-order valence-electron chi connectivity index (χ2n) is 4.05. The van der Waals surface area contributed by atoms with Crippen molar-refractivity contribution in [3.63, 3.8) is 0 Å². The number of nitrogens with one attached hydrogen (secondary N) is 2. The third-order valence-electron chi connectivity index (χ3n) is 2.50. The zero-order valence-electron chi connectivity index (χ0n) is 10.7. The molecule has 3 nitrogen and oxygen atoms in total. The van der Waals surface area contributed by atoms with Crippen molar-refractivity contribution in [1.82, 2.24) is 5.32 Å². The van der Waals surface area contributed by atoms with Gasteiger partial charge in [-0.15, -0.1) is 0 Å². The Morgan fingerprint density at radius 3 is 2.20 bits per heavy atom. The maximum Gasteiger partial charge on any atom is 0.250 e. The first-order chi connectivity index (χ1) is 9.74. The van der Waals surface area contributed by atoms with Crippen molar-refractivity contribution in [2.24, 2.45) is 0 Å². The van der Waals surface area contributed by atoms with E-state index in [9.17, 15) is 4.79 Å². The fourth-order valence-corrected chi connectivity index (χ4v) is 1.79. The summed E-state index contributed by atoms with van der Waals surface area (Å²) in [5.41, 5.74) is 1.80. The van der Waals surface area contributed by atoms with Crippen LogP contribution >= 0.6 is 12.2 Å². The Bertz CT molecular complexity index is 609. The van der Waals surface area contributed by atoms with E-state index >= 15 is 0 Å². The zero-order valence-corrected chi connectivity index (χ0v) is 11.6. The van der Waals surface area contributed by atoms with E-state index in [-0.39, 0.29) is 11.0 Å². The Morgan fingerprint density at radius 1 is 0.950 bits per heavy atom. The Labute approximate surface area is 123 Å². The Kier molecular flexibility index (Phi) is 5.03. The highest BCUT2D eigenvalue weighted by Gasteiger charge is 2.00. The van der Waals surface area contributed by atoms with Crippen LogP contribution in [0.4, 0.5) is 5.69 Å². The van der Waals surface area contributed by atoms with Gasteiger partial charge in [-0.2, -0.15) is 0 Å². The smallest absolute Gasteiger partial charge is 0.250 e. The first kappa shape index (κ1) is 14.0. The molecule has 0 fully saturated rings. The number of rotatable bonds is 3. The van der Waals surface area contributed by atoms with Gasteiger partial charge < -0.3 is 5.32 Å². The molecule has 0 unspecified atom stereocenters. The molecule has 0 saturated carbocycles. The third-order valence-corrected chi connectivity index (χ3v) is 2.70. The Hall–Kier alpha value is -2.46. The maximum atomic E-state index is 11.7. The van der Waals surface area contributed by atoms with Crippen molar-refractivity contribution in [3.8, 4) is 0 Å². The molecule has 0 aromatic heterocycles. The van der Waals surface area contributed by atoms with Crippen LogP contribution in [-0.4, -0.2) is 11.0 Å². The predicted octanol–water partition coefficient (Wildman–Crippen LogP) is 3.21. The van der Waals surface area contributed by atoms with Gasteiger partial charge in [0.1, 0.15) is 0 Å². The predicted molar refractivity (Wildman–Crippen MR) is 86.3 cm³/mol. The number of anilines is 1. The first-order valence-corrected chi connectivity index (χ1v) is 6.55. The summed E-state index contributed by atoms with van der Waals surface area (Å²) in [6, 6.07) is 19.0. The minimum absolute atomic E-state index is 0.262. The quantitative estimate of drug-likeness (QED) is 0.671. The molecule has 100 valence electrons. The number of amides is 1. The molecule has 0 bridgehead atoms. The van der Waals surface area contributed by atoms with Gasteiger partial charge in [0.25, 0.3) is 0 Å². The molecule has 1 amide bonds. The van der Waals surface area contributed by atoms with Gasteiger partial charge in [0.2, 0.25) is 5.91 Å². The van der Waals surface area contributed by atoms with Crippen LogP contribution in [0.1, 0.15) is 5.56 Å². The van der Waals surface area contributed by atoms with E-state index < -0.39 is 0 Å². The standard InChI is InChI=1S/C16H14N2OS/c19-15(12-11-13-7-3-1-4-8-13)18-16(20)17-14-9-5-2-6-10-14/h1-12H,(H2,17,18,19,20)/b12-11+. The van der Waals surface area contributed by atoms with E-state index in [0.717, 1.165) is 11.3 Å². The van der Waals surface area contributed by atoms with E-state index in [1.807, 2.05) is 60.7 Å². The van der Waals surface area contributed by atoms with Crippen LogP contribution in [0, 0.1) is 0 Å². The second kappa shape index (κ2) is 7.21. The maximum absolute atomic E-state index is 11.7. The normalized spacial score (nSPS) is 10.2. The molecule has 2 rings (SSSR count). The lowest BCUT2D eigenvalue weighted by atomic mass is 10.2. The molecule has 0 radical (unpaired) electrons. The number of para-hydroxylation sites is 1. The van der Waals surface area contributed by atoms with E-state index in [2.05, 4.69) is 10.6 Å². The lowest BCUT2D eigenvalue weighted by Gasteiger charge is -2.07. The molecule has 0 heterocycles. The minimum atomic E-state index is -0.262. The second-order valence-corrected chi connectivity index (χ2v) is 4.46. The highest BCUT2D eigenvalue weighted by atomic mass is 32.1. The number of hydrogen-bond acceptors (Lipinski definition) is 2. The number of thiocarbonyl (C=S) groups is 1. The fraction of sp³-hybridized carbons (Fsp3) is 0. The van der Waals surface area contributed by atoms with Crippen molar-refractivity contribution in [2.75, 3.05) is 5.32 Å².